The molecular weight excluding hydrogens is 430 g/mol. The number of fused-ring (bicyclic) bond motifs is 1. The van der Waals surface area contributed by atoms with Gasteiger partial charge in [-0.2, -0.15) is 0 Å². The molecule has 2 heterocycles. The molecule has 1 amide bonds. The lowest BCUT2D eigenvalue weighted by Crippen LogP contribution is -2.49. The number of methoxy groups -OCH3 is 1. The summed E-state index contributed by atoms with van der Waals surface area (Å²) in [5, 5.41) is 1.01. The SMILES string of the molecule is COc1ccc2nc(N3CCN(C(=O)CC(c4ccccc4)c4ccccc4)CC3)sc2c1. The Morgan fingerprint density at radius 3 is 2.18 bits per heavy atom. The summed E-state index contributed by atoms with van der Waals surface area (Å²) in [6, 6.07) is 26.7. The summed E-state index contributed by atoms with van der Waals surface area (Å²) < 4.78 is 6.46. The van der Waals surface area contributed by atoms with Crippen molar-refractivity contribution in [2.24, 2.45) is 0 Å². The number of amides is 1. The number of rotatable bonds is 6. The van der Waals surface area contributed by atoms with Crippen molar-refractivity contribution in [1.82, 2.24) is 9.88 Å². The quantitative estimate of drug-likeness (QED) is 0.400. The van der Waals surface area contributed by atoms with Gasteiger partial charge in [0.25, 0.3) is 0 Å². The van der Waals surface area contributed by atoms with Crippen molar-refractivity contribution in [3.05, 3.63) is 90.0 Å². The predicted octanol–water partition coefficient (Wildman–Crippen LogP) is 5.18. The Morgan fingerprint density at radius 1 is 0.939 bits per heavy atom. The molecular formula is C27H27N3O2S. The molecule has 1 fully saturated rings. The first-order chi connectivity index (χ1) is 16.2. The lowest BCUT2D eigenvalue weighted by molar-refractivity contribution is -0.131. The molecule has 1 saturated heterocycles. The minimum Gasteiger partial charge on any atom is -0.497 e. The Bertz CT molecular complexity index is 1180. The number of piperazine rings is 1. The van der Waals surface area contributed by atoms with Gasteiger partial charge in [0, 0.05) is 38.5 Å². The van der Waals surface area contributed by atoms with Crippen LogP contribution >= 0.6 is 11.3 Å². The van der Waals surface area contributed by atoms with Crippen LogP contribution in [0.15, 0.2) is 78.9 Å². The van der Waals surface area contributed by atoms with Crippen molar-refractivity contribution in [2.75, 3.05) is 38.2 Å². The van der Waals surface area contributed by atoms with E-state index < -0.39 is 0 Å². The van der Waals surface area contributed by atoms with Gasteiger partial charge in [0.1, 0.15) is 5.75 Å². The molecule has 33 heavy (non-hydrogen) atoms. The van der Waals surface area contributed by atoms with Crippen molar-refractivity contribution in [2.45, 2.75) is 12.3 Å². The lowest BCUT2D eigenvalue weighted by Gasteiger charge is -2.35. The fourth-order valence-electron chi connectivity index (χ4n) is 4.40. The van der Waals surface area contributed by atoms with E-state index in [9.17, 15) is 4.79 Å². The molecule has 0 aliphatic carbocycles. The van der Waals surface area contributed by atoms with Gasteiger partial charge in [0.05, 0.1) is 17.3 Å². The molecule has 0 radical (unpaired) electrons. The topological polar surface area (TPSA) is 45.7 Å². The van der Waals surface area contributed by atoms with Gasteiger partial charge >= 0.3 is 0 Å². The number of anilines is 1. The van der Waals surface area contributed by atoms with E-state index in [0.29, 0.717) is 19.5 Å². The smallest absolute Gasteiger partial charge is 0.223 e. The molecule has 1 aliphatic heterocycles. The molecule has 1 aromatic heterocycles. The van der Waals surface area contributed by atoms with Gasteiger partial charge in [-0.25, -0.2) is 4.98 Å². The highest BCUT2D eigenvalue weighted by Gasteiger charge is 2.26. The zero-order valence-electron chi connectivity index (χ0n) is 18.7. The fraction of sp³-hybridized carbons (Fsp3) is 0.259. The van der Waals surface area contributed by atoms with Crippen molar-refractivity contribution in [3.63, 3.8) is 0 Å². The maximum absolute atomic E-state index is 13.3. The fourth-order valence-corrected chi connectivity index (χ4v) is 5.45. The van der Waals surface area contributed by atoms with Crippen LogP contribution in [0.25, 0.3) is 10.2 Å². The molecule has 0 unspecified atom stereocenters. The van der Waals surface area contributed by atoms with Gasteiger partial charge in [-0.15, -0.1) is 0 Å². The van der Waals surface area contributed by atoms with Gasteiger partial charge in [0.15, 0.2) is 5.13 Å². The minimum atomic E-state index is 0.0668. The summed E-state index contributed by atoms with van der Waals surface area (Å²) in [5.41, 5.74) is 3.35. The summed E-state index contributed by atoms with van der Waals surface area (Å²) in [7, 11) is 1.68. The Labute approximate surface area is 198 Å². The average Bonchev–Trinajstić information content (AvgIpc) is 3.31. The molecule has 0 spiro atoms. The van der Waals surface area contributed by atoms with Crippen LogP contribution in [0.1, 0.15) is 23.5 Å². The average molecular weight is 458 g/mol. The highest BCUT2D eigenvalue weighted by molar-refractivity contribution is 7.22. The molecule has 0 N–H and O–H groups in total. The molecule has 0 bridgehead atoms. The van der Waals surface area contributed by atoms with E-state index in [4.69, 9.17) is 9.72 Å². The third kappa shape index (κ3) is 4.71. The number of carbonyl (C=O) groups excluding carboxylic acids is 1. The maximum atomic E-state index is 13.3. The largest absolute Gasteiger partial charge is 0.497 e. The second-order valence-corrected chi connectivity index (χ2v) is 9.29. The molecule has 1 aliphatic rings. The predicted molar refractivity (Wildman–Crippen MR) is 134 cm³/mol. The normalized spacial score (nSPS) is 14.1. The number of hydrogen-bond donors (Lipinski definition) is 0. The molecule has 3 aromatic carbocycles. The first kappa shape index (κ1) is 21.5. The van der Waals surface area contributed by atoms with Crippen molar-refractivity contribution < 1.29 is 9.53 Å². The Morgan fingerprint density at radius 2 is 1.58 bits per heavy atom. The molecule has 6 heteroatoms. The van der Waals surface area contributed by atoms with Gasteiger partial charge in [-0.1, -0.05) is 72.0 Å². The van der Waals surface area contributed by atoms with Gasteiger partial charge < -0.3 is 14.5 Å². The van der Waals surface area contributed by atoms with Crippen LogP contribution in [0.3, 0.4) is 0 Å². The van der Waals surface area contributed by atoms with Crippen molar-refractivity contribution in [3.8, 4) is 5.75 Å². The van der Waals surface area contributed by atoms with E-state index in [0.717, 1.165) is 34.2 Å². The zero-order valence-corrected chi connectivity index (χ0v) is 19.5. The van der Waals surface area contributed by atoms with Crippen LogP contribution in [0, 0.1) is 0 Å². The number of carbonyl (C=O) groups is 1. The second-order valence-electron chi connectivity index (χ2n) is 8.28. The number of benzene rings is 3. The van der Waals surface area contributed by atoms with Crippen LogP contribution in [0.4, 0.5) is 5.13 Å². The number of thiazole rings is 1. The molecule has 168 valence electrons. The Balaban J connectivity index is 1.26. The first-order valence-electron chi connectivity index (χ1n) is 11.3. The van der Waals surface area contributed by atoms with E-state index in [-0.39, 0.29) is 11.8 Å². The highest BCUT2D eigenvalue weighted by Crippen LogP contribution is 2.32. The monoisotopic (exact) mass is 457 g/mol. The van der Waals surface area contributed by atoms with Crippen LogP contribution in [0.2, 0.25) is 0 Å². The zero-order chi connectivity index (χ0) is 22.6. The van der Waals surface area contributed by atoms with Gasteiger partial charge in [-0.3, -0.25) is 4.79 Å². The standard InChI is InChI=1S/C27H27N3O2S/c1-32-22-12-13-24-25(18-22)33-27(28-24)30-16-14-29(15-17-30)26(31)19-23(20-8-4-2-5-9-20)21-10-6-3-7-11-21/h2-13,18,23H,14-17,19H2,1H3. The van der Waals surface area contributed by atoms with Crippen LogP contribution in [-0.4, -0.2) is 49.1 Å². The summed E-state index contributed by atoms with van der Waals surface area (Å²) in [5.74, 6) is 1.12. The van der Waals surface area contributed by atoms with E-state index >= 15 is 0 Å². The minimum absolute atomic E-state index is 0.0668. The summed E-state index contributed by atoms with van der Waals surface area (Å²) >= 11 is 1.68. The summed E-state index contributed by atoms with van der Waals surface area (Å²) in [4.78, 5) is 22.4. The third-order valence-corrected chi connectivity index (χ3v) is 7.35. The van der Waals surface area contributed by atoms with Crippen molar-refractivity contribution in [1.29, 1.82) is 0 Å². The molecule has 0 atom stereocenters. The van der Waals surface area contributed by atoms with Gasteiger partial charge in [0.2, 0.25) is 5.91 Å². The van der Waals surface area contributed by atoms with Crippen LogP contribution in [-0.2, 0) is 4.79 Å². The molecule has 5 rings (SSSR count). The third-order valence-electron chi connectivity index (χ3n) is 6.27. The van der Waals surface area contributed by atoms with E-state index in [1.165, 1.54) is 11.1 Å². The molecule has 5 nitrogen and oxygen atoms in total. The van der Waals surface area contributed by atoms with E-state index in [1.807, 2.05) is 59.5 Å². The second kappa shape index (κ2) is 9.63. The first-order valence-corrected chi connectivity index (χ1v) is 12.1. The van der Waals surface area contributed by atoms with Crippen LogP contribution < -0.4 is 9.64 Å². The summed E-state index contributed by atoms with van der Waals surface area (Å²) in [6.45, 7) is 3.02. The van der Waals surface area contributed by atoms with Crippen LogP contribution in [0.5, 0.6) is 5.75 Å². The van der Waals surface area contributed by atoms with Gasteiger partial charge in [-0.05, 0) is 29.3 Å². The number of ether oxygens (including phenoxy) is 1. The highest BCUT2D eigenvalue weighted by atomic mass is 32.1. The number of nitrogens with zero attached hydrogens (tertiary/aromatic N) is 3. The van der Waals surface area contributed by atoms with E-state index in [2.05, 4.69) is 29.2 Å². The molecule has 4 aromatic rings. The summed E-state index contributed by atoms with van der Waals surface area (Å²) in [6.07, 6.45) is 0.481. The maximum Gasteiger partial charge on any atom is 0.223 e. The Hall–Kier alpha value is -3.38. The molecule has 0 saturated carbocycles. The number of aromatic nitrogens is 1. The van der Waals surface area contributed by atoms with Crippen molar-refractivity contribution >= 4 is 32.6 Å². The Kier molecular flexibility index (Phi) is 6.26. The van der Waals surface area contributed by atoms with E-state index in [1.54, 1.807) is 18.4 Å². The lowest BCUT2D eigenvalue weighted by atomic mass is 9.88. The number of hydrogen-bond acceptors (Lipinski definition) is 5.